The van der Waals surface area contributed by atoms with Gasteiger partial charge in [0.15, 0.2) is 0 Å². The Bertz CT molecular complexity index is 713. The first-order valence-corrected chi connectivity index (χ1v) is 8.08. The molecule has 3 rings (SSSR count). The predicted octanol–water partition coefficient (Wildman–Crippen LogP) is 4.21. The van der Waals surface area contributed by atoms with Crippen molar-refractivity contribution in [3.05, 3.63) is 51.7 Å². The molecule has 1 N–H and O–H groups in total. The maximum atomic E-state index is 11.6. The van der Waals surface area contributed by atoms with E-state index < -0.39 is 0 Å². The van der Waals surface area contributed by atoms with Gasteiger partial charge >= 0.3 is 0 Å². The summed E-state index contributed by atoms with van der Waals surface area (Å²) in [5, 5.41) is 2.62. The Morgan fingerprint density at radius 2 is 1.90 bits per heavy atom. The molecule has 0 bridgehead atoms. The Hall–Kier alpha value is -1.43. The third-order valence-corrected chi connectivity index (χ3v) is 5.12. The number of aryl methyl sites for hydroxylation is 1. The molecule has 2 heterocycles. The van der Waals surface area contributed by atoms with E-state index in [1.54, 1.807) is 11.3 Å². The van der Waals surface area contributed by atoms with E-state index in [1.165, 1.54) is 27.8 Å². The second-order valence-corrected chi connectivity index (χ2v) is 7.25. The third kappa shape index (κ3) is 2.85. The van der Waals surface area contributed by atoms with Crippen molar-refractivity contribution in [2.45, 2.75) is 6.92 Å². The summed E-state index contributed by atoms with van der Waals surface area (Å²) in [5.74, 6) is -0.106. The topological polar surface area (TPSA) is 29.1 Å². The van der Waals surface area contributed by atoms with Gasteiger partial charge in [-0.1, -0.05) is 53.8 Å². The van der Waals surface area contributed by atoms with Crippen molar-refractivity contribution in [1.82, 2.24) is 5.32 Å². The van der Waals surface area contributed by atoms with E-state index in [2.05, 4.69) is 42.6 Å². The Morgan fingerprint density at radius 1 is 1.15 bits per heavy atom. The van der Waals surface area contributed by atoms with Gasteiger partial charge < -0.3 is 5.32 Å². The highest BCUT2D eigenvalue weighted by atomic mass is 32.2. The maximum Gasteiger partial charge on any atom is 0.263 e. The van der Waals surface area contributed by atoms with Crippen LogP contribution in [0.25, 0.3) is 16.5 Å². The number of benzene rings is 1. The van der Waals surface area contributed by atoms with Gasteiger partial charge in [-0.3, -0.25) is 4.79 Å². The molecular weight excluding hydrogens is 306 g/mol. The van der Waals surface area contributed by atoms with Gasteiger partial charge in [0.05, 0.1) is 4.91 Å². The lowest BCUT2D eigenvalue weighted by molar-refractivity contribution is -0.115. The summed E-state index contributed by atoms with van der Waals surface area (Å²) in [6.45, 7) is 2.08. The SMILES string of the molecule is Cc1ccc(-c2ccc(C=C3SC(=S)NC3=O)s2)cc1. The highest BCUT2D eigenvalue weighted by molar-refractivity contribution is 8.26. The number of thiophene rings is 1. The van der Waals surface area contributed by atoms with Crippen LogP contribution in [-0.2, 0) is 4.79 Å². The number of nitrogens with one attached hydrogen (secondary N) is 1. The summed E-state index contributed by atoms with van der Waals surface area (Å²) in [7, 11) is 0. The highest BCUT2D eigenvalue weighted by Gasteiger charge is 2.22. The summed E-state index contributed by atoms with van der Waals surface area (Å²) in [6, 6.07) is 12.5. The fourth-order valence-corrected chi connectivity index (χ4v) is 3.92. The Balaban J connectivity index is 1.87. The molecule has 1 fully saturated rings. The van der Waals surface area contributed by atoms with Gasteiger partial charge in [-0.15, -0.1) is 11.3 Å². The van der Waals surface area contributed by atoms with Crippen LogP contribution < -0.4 is 5.32 Å². The number of hydrogen-bond donors (Lipinski definition) is 1. The van der Waals surface area contributed by atoms with E-state index in [9.17, 15) is 4.79 Å². The van der Waals surface area contributed by atoms with Gasteiger partial charge in [0, 0.05) is 9.75 Å². The van der Waals surface area contributed by atoms with E-state index in [-0.39, 0.29) is 5.91 Å². The van der Waals surface area contributed by atoms with Crippen LogP contribution in [0.4, 0.5) is 0 Å². The molecule has 0 radical (unpaired) electrons. The third-order valence-electron chi connectivity index (χ3n) is 2.88. The largest absolute Gasteiger partial charge is 0.307 e. The lowest BCUT2D eigenvalue weighted by atomic mass is 10.1. The number of hydrogen-bond acceptors (Lipinski definition) is 4. The van der Waals surface area contributed by atoms with Crippen LogP contribution in [0.2, 0.25) is 0 Å². The standard InChI is InChI=1S/C15H11NOS3/c1-9-2-4-10(5-3-9)12-7-6-11(19-12)8-13-14(17)16-15(18)20-13/h2-8H,1H3,(H,16,17,18). The quantitative estimate of drug-likeness (QED) is 0.664. The highest BCUT2D eigenvalue weighted by Crippen LogP contribution is 2.32. The van der Waals surface area contributed by atoms with Gasteiger partial charge in [-0.05, 0) is 30.7 Å². The van der Waals surface area contributed by atoms with Crippen LogP contribution in [0.3, 0.4) is 0 Å². The number of rotatable bonds is 2. The molecule has 0 aliphatic carbocycles. The molecule has 1 aromatic carbocycles. The molecule has 2 aromatic rings. The number of thiocarbonyl (C=S) groups is 1. The van der Waals surface area contributed by atoms with E-state index in [4.69, 9.17) is 12.2 Å². The molecule has 2 nitrogen and oxygen atoms in total. The fraction of sp³-hybridized carbons (Fsp3) is 0.0667. The molecule has 100 valence electrons. The molecule has 1 aromatic heterocycles. The minimum Gasteiger partial charge on any atom is -0.307 e. The van der Waals surface area contributed by atoms with Crippen molar-refractivity contribution in [1.29, 1.82) is 0 Å². The summed E-state index contributed by atoms with van der Waals surface area (Å²) in [6.07, 6.45) is 1.89. The van der Waals surface area contributed by atoms with Crippen molar-refractivity contribution in [2.75, 3.05) is 0 Å². The number of carbonyl (C=O) groups is 1. The van der Waals surface area contributed by atoms with Crippen LogP contribution in [0.1, 0.15) is 10.4 Å². The van der Waals surface area contributed by atoms with Crippen molar-refractivity contribution in [2.24, 2.45) is 0 Å². The number of thioether (sulfide) groups is 1. The smallest absolute Gasteiger partial charge is 0.263 e. The van der Waals surface area contributed by atoms with Crippen molar-refractivity contribution < 1.29 is 4.79 Å². The maximum absolute atomic E-state index is 11.6. The minimum atomic E-state index is -0.106. The zero-order valence-corrected chi connectivity index (χ0v) is 13.1. The lowest BCUT2D eigenvalue weighted by Gasteiger charge is -1.97. The van der Waals surface area contributed by atoms with Gasteiger partial charge in [0.2, 0.25) is 0 Å². The van der Waals surface area contributed by atoms with Crippen molar-refractivity contribution in [3.8, 4) is 10.4 Å². The Kier molecular flexibility index (Phi) is 3.74. The minimum absolute atomic E-state index is 0.106. The van der Waals surface area contributed by atoms with Crippen LogP contribution in [0.15, 0.2) is 41.3 Å². The molecule has 0 atom stereocenters. The fourth-order valence-electron chi connectivity index (χ4n) is 1.85. The normalized spacial score (nSPS) is 16.8. The molecule has 1 aliphatic rings. The molecule has 1 aliphatic heterocycles. The molecular formula is C15H11NOS3. The average molecular weight is 317 g/mol. The van der Waals surface area contributed by atoms with Crippen LogP contribution in [-0.4, -0.2) is 10.2 Å². The number of amides is 1. The summed E-state index contributed by atoms with van der Waals surface area (Å²) < 4.78 is 0.525. The molecule has 1 saturated heterocycles. The zero-order valence-electron chi connectivity index (χ0n) is 10.7. The van der Waals surface area contributed by atoms with Crippen molar-refractivity contribution >= 4 is 51.6 Å². The van der Waals surface area contributed by atoms with Gasteiger partial charge in [-0.25, -0.2) is 0 Å². The second-order valence-electron chi connectivity index (χ2n) is 4.42. The summed E-state index contributed by atoms with van der Waals surface area (Å²) >= 11 is 7.96. The average Bonchev–Trinajstić information content (AvgIpc) is 2.98. The monoisotopic (exact) mass is 317 g/mol. The van der Waals surface area contributed by atoms with E-state index in [0.717, 1.165) is 4.88 Å². The second kappa shape index (κ2) is 5.52. The first-order chi connectivity index (χ1) is 9.61. The number of carbonyl (C=O) groups excluding carboxylic acids is 1. The molecule has 0 saturated carbocycles. The van der Waals surface area contributed by atoms with Crippen LogP contribution in [0, 0.1) is 6.92 Å². The predicted molar refractivity (Wildman–Crippen MR) is 90.8 cm³/mol. The Labute approximate surface area is 130 Å². The zero-order chi connectivity index (χ0) is 14.1. The van der Waals surface area contributed by atoms with Crippen molar-refractivity contribution in [3.63, 3.8) is 0 Å². The first-order valence-electron chi connectivity index (χ1n) is 6.03. The molecule has 20 heavy (non-hydrogen) atoms. The van der Waals surface area contributed by atoms with E-state index in [1.807, 2.05) is 12.1 Å². The lowest BCUT2D eigenvalue weighted by Crippen LogP contribution is -2.17. The van der Waals surface area contributed by atoms with Gasteiger partial charge in [0.1, 0.15) is 4.32 Å². The molecule has 1 amide bonds. The van der Waals surface area contributed by atoms with Crippen LogP contribution >= 0.6 is 35.3 Å². The van der Waals surface area contributed by atoms with E-state index >= 15 is 0 Å². The molecule has 0 unspecified atom stereocenters. The van der Waals surface area contributed by atoms with E-state index in [0.29, 0.717) is 9.23 Å². The Morgan fingerprint density at radius 3 is 2.55 bits per heavy atom. The summed E-state index contributed by atoms with van der Waals surface area (Å²) in [4.78, 5) is 14.5. The van der Waals surface area contributed by atoms with Crippen LogP contribution in [0.5, 0.6) is 0 Å². The summed E-state index contributed by atoms with van der Waals surface area (Å²) in [5.41, 5.74) is 2.45. The van der Waals surface area contributed by atoms with Gasteiger partial charge in [0.25, 0.3) is 5.91 Å². The van der Waals surface area contributed by atoms with Gasteiger partial charge in [-0.2, -0.15) is 0 Å². The first kappa shape index (κ1) is 13.5. The molecule has 0 spiro atoms. The molecule has 5 heteroatoms.